The summed E-state index contributed by atoms with van der Waals surface area (Å²) in [4.78, 5) is 0. The van der Waals surface area contributed by atoms with Gasteiger partial charge < -0.3 is 5.32 Å². The molecule has 1 fully saturated rings. The van der Waals surface area contributed by atoms with Crippen molar-refractivity contribution >= 4 is 31.9 Å². The molecule has 0 bridgehead atoms. The van der Waals surface area contributed by atoms with Crippen LogP contribution in [-0.2, 0) is 0 Å². The Hall–Kier alpha value is 0.140. The van der Waals surface area contributed by atoms with Gasteiger partial charge in [-0.1, -0.05) is 57.5 Å². The van der Waals surface area contributed by atoms with Crippen LogP contribution in [0.25, 0.3) is 0 Å². The minimum absolute atomic E-state index is 0.456. The second-order valence-electron chi connectivity index (χ2n) is 5.23. The van der Waals surface area contributed by atoms with Gasteiger partial charge in [-0.25, -0.2) is 0 Å². The fraction of sp³-hybridized carbons (Fsp3) is 0.600. The zero-order valence-electron chi connectivity index (χ0n) is 10.9. The quantitative estimate of drug-likeness (QED) is 0.723. The first-order valence-electron chi connectivity index (χ1n) is 6.83. The van der Waals surface area contributed by atoms with Crippen molar-refractivity contribution in [3.05, 3.63) is 32.7 Å². The van der Waals surface area contributed by atoms with E-state index in [1.807, 2.05) is 0 Å². The molecule has 1 N–H and O–H groups in total. The first-order chi connectivity index (χ1) is 8.70. The van der Waals surface area contributed by atoms with Crippen LogP contribution in [-0.4, -0.2) is 7.05 Å². The highest BCUT2D eigenvalue weighted by Gasteiger charge is 2.18. The van der Waals surface area contributed by atoms with Crippen molar-refractivity contribution < 1.29 is 0 Å². The van der Waals surface area contributed by atoms with E-state index < -0.39 is 0 Å². The van der Waals surface area contributed by atoms with Crippen molar-refractivity contribution in [3.8, 4) is 0 Å². The van der Waals surface area contributed by atoms with E-state index in [1.54, 1.807) is 0 Å². The lowest BCUT2D eigenvalue weighted by Gasteiger charge is -2.20. The lowest BCUT2D eigenvalue weighted by atomic mass is 9.95. The van der Waals surface area contributed by atoms with Crippen molar-refractivity contribution in [1.29, 1.82) is 0 Å². The first-order valence-corrected chi connectivity index (χ1v) is 8.41. The molecule has 0 saturated heterocycles. The predicted molar refractivity (Wildman–Crippen MR) is 84.8 cm³/mol. The second-order valence-corrected chi connectivity index (χ2v) is 7.00. The summed E-state index contributed by atoms with van der Waals surface area (Å²) in [5.41, 5.74) is 1.37. The molecule has 0 amide bonds. The third-order valence-electron chi connectivity index (χ3n) is 4.02. The molecule has 0 aromatic heterocycles. The molecule has 1 atom stereocenters. The van der Waals surface area contributed by atoms with Gasteiger partial charge in [0.05, 0.1) is 0 Å². The van der Waals surface area contributed by atoms with Gasteiger partial charge in [0.15, 0.2) is 0 Å². The van der Waals surface area contributed by atoms with Crippen molar-refractivity contribution in [1.82, 2.24) is 5.32 Å². The van der Waals surface area contributed by atoms with Crippen LogP contribution in [0, 0.1) is 5.92 Å². The van der Waals surface area contributed by atoms with Gasteiger partial charge in [-0.2, -0.15) is 0 Å². The molecular weight excluding hydrogens is 354 g/mol. The Morgan fingerprint density at radius 2 is 2.00 bits per heavy atom. The van der Waals surface area contributed by atoms with Crippen LogP contribution in [0.15, 0.2) is 27.1 Å². The number of rotatable bonds is 5. The SMILES string of the molecule is CNC(CCC1CCCC1)c1cc(Br)ccc1Br. The molecular formula is C15H21Br2N. The molecule has 0 radical (unpaired) electrons. The number of benzene rings is 1. The number of hydrogen-bond donors (Lipinski definition) is 1. The zero-order chi connectivity index (χ0) is 13.0. The molecule has 1 aliphatic rings. The Morgan fingerprint density at radius 3 is 2.67 bits per heavy atom. The highest BCUT2D eigenvalue weighted by atomic mass is 79.9. The molecule has 1 aromatic carbocycles. The van der Waals surface area contributed by atoms with Gasteiger partial charge in [-0.05, 0) is 49.6 Å². The minimum Gasteiger partial charge on any atom is -0.313 e. The molecule has 1 nitrogen and oxygen atoms in total. The van der Waals surface area contributed by atoms with E-state index in [0.29, 0.717) is 6.04 Å². The van der Waals surface area contributed by atoms with Crippen LogP contribution in [0.4, 0.5) is 0 Å². The van der Waals surface area contributed by atoms with E-state index >= 15 is 0 Å². The summed E-state index contributed by atoms with van der Waals surface area (Å²) < 4.78 is 2.36. The standard InChI is InChI=1S/C15H21Br2N/c1-18-15(9-6-11-4-2-3-5-11)13-10-12(16)7-8-14(13)17/h7-8,10-11,15,18H,2-6,9H2,1H3. The van der Waals surface area contributed by atoms with E-state index in [2.05, 4.69) is 62.4 Å². The van der Waals surface area contributed by atoms with E-state index in [9.17, 15) is 0 Å². The Bertz CT molecular complexity index is 386. The lowest BCUT2D eigenvalue weighted by Crippen LogP contribution is -2.17. The summed E-state index contributed by atoms with van der Waals surface area (Å²) in [7, 11) is 2.06. The van der Waals surface area contributed by atoms with Crippen LogP contribution in [0.5, 0.6) is 0 Å². The van der Waals surface area contributed by atoms with Crippen LogP contribution < -0.4 is 5.32 Å². The minimum atomic E-state index is 0.456. The number of halogens is 2. The van der Waals surface area contributed by atoms with Gasteiger partial charge in [-0.15, -0.1) is 0 Å². The third kappa shape index (κ3) is 3.82. The molecule has 0 spiro atoms. The molecule has 2 rings (SSSR count). The average molecular weight is 375 g/mol. The van der Waals surface area contributed by atoms with Gasteiger partial charge in [0.25, 0.3) is 0 Å². The topological polar surface area (TPSA) is 12.0 Å². The summed E-state index contributed by atoms with van der Waals surface area (Å²) in [5, 5.41) is 3.46. The van der Waals surface area contributed by atoms with Crippen molar-refractivity contribution in [2.24, 2.45) is 5.92 Å². The maximum atomic E-state index is 3.66. The molecule has 1 aliphatic carbocycles. The van der Waals surface area contributed by atoms with Gasteiger partial charge in [0, 0.05) is 15.0 Å². The Labute approximate surface area is 127 Å². The molecule has 0 aliphatic heterocycles. The van der Waals surface area contributed by atoms with E-state index in [1.165, 1.54) is 48.6 Å². The maximum Gasteiger partial charge on any atom is 0.0329 e. The summed E-state index contributed by atoms with van der Waals surface area (Å²) >= 11 is 7.23. The fourth-order valence-electron chi connectivity index (χ4n) is 2.94. The van der Waals surface area contributed by atoms with Crippen LogP contribution in [0.1, 0.15) is 50.1 Å². The third-order valence-corrected chi connectivity index (χ3v) is 5.24. The lowest BCUT2D eigenvalue weighted by molar-refractivity contribution is 0.426. The molecule has 3 heteroatoms. The number of hydrogen-bond acceptors (Lipinski definition) is 1. The van der Waals surface area contributed by atoms with Gasteiger partial charge in [0.1, 0.15) is 0 Å². The summed E-state index contributed by atoms with van der Waals surface area (Å²) in [6.45, 7) is 0. The second kappa shape index (κ2) is 7.06. The molecule has 1 saturated carbocycles. The highest BCUT2D eigenvalue weighted by molar-refractivity contribution is 9.11. The first kappa shape index (κ1) is 14.5. The molecule has 1 unspecified atom stereocenters. The summed E-state index contributed by atoms with van der Waals surface area (Å²) in [5.74, 6) is 0.965. The maximum absolute atomic E-state index is 3.66. The predicted octanol–water partition coefficient (Wildman–Crippen LogP) is 5.44. The smallest absolute Gasteiger partial charge is 0.0329 e. The Kier molecular flexibility index (Phi) is 5.71. The Balaban J connectivity index is 2.00. The van der Waals surface area contributed by atoms with Crippen LogP contribution in [0.3, 0.4) is 0 Å². The van der Waals surface area contributed by atoms with E-state index in [-0.39, 0.29) is 0 Å². The van der Waals surface area contributed by atoms with Crippen molar-refractivity contribution in [2.75, 3.05) is 7.05 Å². The highest BCUT2D eigenvalue weighted by Crippen LogP contribution is 2.34. The molecule has 100 valence electrons. The summed E-state index contributed by atoms with van der Waals surface area (Å²) in [6, 6.07) is 6.88. The van der Waals surface area contributed by atoms with E-state index in [4.69, 9.17) is 0 Å². The molecule has 0 heterocycles. The van der Waals surface area contributed by atoms with Crippen molar-refractivity contribution in [3.63, 3.8) is 0 Å². The van der Waals surface area contributed by atoms with Crippen LogP contribution in [0.2, 0.25) is 0 Å². The zero-order valence-corrected chi connectivity index (χ0v) is 14.1. The largest absolute Gasteiger partial charge is 0.313 e. The normalized spacial score (nSPS) is 18.2. The molecule has 18 heavy (non-hydrogen) atoms. The van der Waals surface area contributed by atoms with Gasteiger partial charge in [0.2, 0.25) is 0 Å². The Morgan fingerprint density at radius 1 is 1.28 bits per heavy atom. The van der Waals surface area contributed by atoms with E-state index in [0.717, 1.165) is 10.4 Å². The fourth-order valence-corrected chi connectivity index (χ4v) is 3.84. The average Bonchev–Trinajstić information content (AvgIpc) is 2.87. The summed E-state index contributed by atoms with van der Waals surface area (Å²) in [6.07, 6.45) is 8.35. The van der Waals surface area contributed by atoms with Gasteiger partial charge in [-0.3, -0.25) is 0 Å². The monoisotopic (exact) mass is 373 g/mol. The van der Waals surface area contributed by atoms with Crippen molar-refractivity contribution in [2.45, 2.75) is 44.6 Å². The number of nitrogens with one attached hydrogen (secondary N) is 1. The van der Waals surface area contributed by atoms with Crippen LogP contribution >= 0.6 is 31.9 Å². The van der Waals surface area contributed by atoms with Gasteiger partial charge >= 0.3 is 0 Å². The molecule has 1 aromatic rings.